The number of amides is 2. The summed E-state index contributed by atoms with van der Waals surface area (Å²) in [4.78, 5) is 14.4. The van der Waals surface area contributed by atoms with Gasteiger partial charge in [0.2, 0.25) is 10.0 Å². The first-order chi connectivity index (χ1) is 11.2. The third-order valence-corrected chi connectivity index (χ3v) is 7.23. The topological polar surface area (TPSA) is 78.5 Å². The zero-order valence-corrected chi connectivity index (χ0v) is 15.2. The predicted octanol–water partition coefficient (Wildman–Crippen LogP) is 2.46. The molecule has 1 aromatic rings. The number of anilines is 1. The van der Waals surface area contributed by atoms with E-state index in [1.807, 2.05) is 18.2 Å². The number of carbonyl (C=O) groups is 1. The van der Waals surface area contributed by atoms with Gasteiger partial charge in [0.15, 0.2) is 0 Å². The Morgan fingerprint density at radius 3 is 2.58 bits per heavy atom. The van der Waals surface area contributed by atoms with E-state index in [2.05, 4.69) is 28.8 Å². The lowest BCUT2D eigenvalue weighted by molar-refractivity contribution is 0.203. The molecule has 24 heavy (non-hydrogen) atoms. The second-order valence-electron chi connectivity index (χ2n) is 7.31. The molecular weight excluding hydrogens is 326 g/mol. The molecule has 0 radical (unpaired) electrons. The first-order valence-corrected chi connectivity index (χ1v) is 9.88. The van der Waals surface area contributed by atoms with Crippen molar-refractivity contribution in [3.8, 4) is 0 Å². The molecular formula is C17H25N3O3S. The minimum Gasteiger partial charge on any atom is -0.307 e. The SMILES string of the molecule is CC(C)N1CCc2cc(NC(=O)NS(=O)(=O)C3(C)CC3)ccc2C1. The molecule has 132 valence electrons. The molecule has 7 heteroatoms. The Morgan fingerprint density at radius 1 is 1.25 bits per heavy atom. The molecule has 2 N–H and O–H groups in total. The number of sulfonamides is 1. The summed E-state index contributed by atoms with van der Waals surface area (Å²) in [7, 11) is -3.61. The second kappa shape index (κ2) is 6.04. The van der Waals surface area contributed by atoms with Gasteiger partial charge < -0.3 is 5.32 Å². The van der Waals surface area contributed by atoms with Crippen LogP contribution in [0.4, 0.5) is 10.5 Å². The fraction of sp³-hybridized carbons (Fsp3) is 0.588. The molecule has 0 bridgehead atoms. The number of benzene rings is 1. The van der Waals surface area contributed by atoms with E-state index in [4.69, 9.17) is 0 Å². The summed E-state index contributed by atoms with van der Waals surface area (Å²) in [6.45, 7) is 7.93. The fourth-order valence-corrected chi connectivity index (χ4v) is 4.12. The van der Waals surface area contributed by atoms with Crippen LogP contribution in [0.25, 0.3) is 0 Å². The van der Waals surface area contributed by atoms with Crippen molar-refractivity contribution >= 4 is 21.7 Å². The number of hydrogen-bond donors (Lipinski definition) is 2. The summed E-state index contributed by atoms with van der Waals surface area (Å²) < 4.78 is 25.5. The molecule has 0 atom stereocenters. The van der Waals surface area contributed by atoms with Crippen LogP contribution >= 0.6 is 0 Å². The van der Waals surface area contributed by atoms with Gasteiger partial charge >= 0.3 is 6.03 Å². The summed E-state index contributed by atoms with van der Waals surface area (Å²) in [6.07, 6.45) is 2.13. The highest BCUT2D eigenvalue weighted by molar-refractivity contribution is 7.91. The summed E-state index contributed by atoms with van der Waals surface area (Å²) >= 11 is 0. The van der Waals surface area contributed by atoms with Gasteiger partial charge in [-0.05, 0) is 63.3 Å². The second-order valence-corrected chi connectivity index (χ2v) is 9.50. The lowest BCUT2D eigenvalue weighted by Gasteiger charge is -2.32. The van der Waals surface area contributed by atoms with Crippen molar-refractivity contribution in [2.24, 2.45) is 0 Å². The maximum atomic E-state index is 12.1. The number of hydrogen-bond acceptors (Lipinski definition) is 4. The third-order valence-electron chi connectivity index (χ3n) is 5.07. The molecule has 0 saturated heterocycles. The molecule has 2 aliphatic rings. The Balaban J connectivity index is 1.65. The van der Waals surface area contributed by atoms with Gasteiger partial charge in [0, 0.05) is 24.8 Å². The van der Waals surface area contributed by atoms with Crippen LogP contribution in [0.3, 0.4) is 0 Å². The van der Waals surface area contributed by atoms with Gasteiger partial charge in [0.25, 0.3) is 0 Å². The first kappa shape index (κ1) is 17.2. The zero-order valence-electron chi connectivity index (χ0n) is 14.4. The van der Waals surface area contributed by atoms with Crippen LogP contribution in [0.15, 0.2) is 18.2 Å². The van der Waals surface area contributed by atoms with E-state index in [0.29, 0.717) is 24.6 Å². The molecule has 1 heterocycles. The van der Waals surface area contributed by atoms with E-state index in [-0.39, 0.29) is 0 Å². The van der Waals surface area contributed by atoms with Crippen LogP contribution in [-0.4, -0.2) is 36.7 Å². The van der Waals surface area contributed by atoms with Crippen molar-refractivity contribution in [2.75, 3.05) is 11.9 Å². The fourth-order valence-electron chi connectivity index (χ4n) is 2.94. The largest absolute Gasteiger partial charge is 0.332 e. The van der Waals surface area contributed by atoms with Gasteiger partial charge in [-0.2, -0.15) is 0 Å². The molecule has 1 aliphatic heterocycles. The van der Waals surface area contributed by atoms with Gasteiger partial charge in [0.1, 0.15) is 0 Å². The summed E-state index contributed by atoms with van der Waals surface area (Å²) in [5, 5.41) is 2.64. The standard InChI is InChI=1S/C17H25N3O3S/c1-12(2)20-9-6-13-10-15(5-4-14(13)11-20)18-16(21)19-24(22,23)17(3)7-8-17/h4-5,10,12H,6-9,11H2,1-3H3,(H2,18,19,21). The van der Waals surface area contributed by atoms with E-state index >= 15 is 0 Å². The lowest BCUT2D eigenvalue weighted by Crippen LogP contribution is -2.40. The van der Waals surface area contributed by atoms with Gasteiger partial charge in [-0.25, -0.2) is 17.9 Å². The van der Waals surface area contributed by atoms with E-state index in [0.717, 1.165) is 19.5 Å². The smallest absolute Gasteiger partial charge is 0.307 e. The highest BCUT2D eigenvalue weighted by Crippen LogP contribution is 2.42. The number of rotatable bonds is 4. The molecule has 1 fully saturated rings. The maximum absolute atomic E-state index is 12.1. The molecule has 2 amide bonds. The van der Waals surface area contributed by atoms with E-state index in [1.54, 1.807) is 6.92 Å². The quantitative estimate of drug-likeness (QED) is 0.873. The van der Waals surface area contributed by atoms with Crippen LogP contribution in [0.2, 0.25) is 0 Å². The Bertz CT molecular complexity index is 754. The van der Waals surface area contributed by atoms with Crippen LogP contribution < -0.4 is 10.0 Å². The Morgan fingerprint density at radius 2 is 1.96 bits per heavy atom. The molecule has 1 saturated carbocycles. The van der Waals surface area contributed by atoms with Crippen molar-refractivity contribution in [1.82, 2.24) is 9.62 Å². The Kier molecular flexibility index (Phi) is 4.34. The van der Waals surface area contributed by atoms with Crippen molar-refractivity contribution in [1.29, 1.82) is 0 Å². The lowest BCUT2D eigenvalue weighted by atomic mass is 9.98. The van der Waals surface area contributed by atoms with Crippen LogP contribution in [-0.2, 0) is 23.0 Å². The average molecular weight is 351 g/mol. The van der Waals surface area contributed by atoms with E-state index < -0.39 is 20.8 Å². The zero-order chi connectivity index (χ0) is 17.5. The van der Waals surface area contributed by atoms with Crippen molar-refractivity contribution in [2.45, 2.75) is 57.4 Å². The normalized spacial score (nSPS) is 19.7. The van der Waals surface area contributed by atoms with Crippen molar-refractivity contribution in [3.05, 3.63) is 29.3 Å². The number of carbonyl (C=O) groups excluding carboxylic acids is 1. The van der Waals surface area contributed by atoms with Gasteiger partial charge in [-0.3, -0.25) is 4.90 Å². The van der Waals surface area contributed by atoms with Gasteiger partial charge in [0.05, 0.1) is 4.75 Å². The van der Waals surface area contributed by atoms with E-state index in [1.165, 1.54) is 11.1 Å². The Labute approximate surface area is 143 Å². The highest BCUT2D eigenvalue weighted by Gasteiger charge is 2.50. The van der Waals surface area contributed by atoms with Crippen LogP contribution in [0.1, 0.15) is 44.7 Å². The van der Waals surface area contributed by atoms with Crippen LogP contribution in [0, 0.1) is 0 Å². The molecule has 0 spiro atoms. The maximum Gasteiger partial charge on any atom is 0.332 e. The van der Waals surface area contributed by atoms with Gasteiger partial charge in [-0.15, -0.1) is 0 Å². The average Bonchev–Trinajstić information content (AvgIpc) is 3.25. The van der Waals surface area contributed by atoms with Gasteiger partial charge in [-0.1, -0.05) is 6.07 Å². The van der Waals surface area contributed by atoms with Crippen molar-refractivity contribution < 1.29 is 13.2 Å². The van der Waals surface area contributed by atoms with Crippen LogP contribution in [0.5, 0.6) is 0 Å². The minimum absolute atomic E-state index is 0.510. The Hall–Kier alpha value is -1.60. The summed E-state index contributed by atoms with van der Waals surface area (Å²) in [5.74, 6) is 0. The molecule has 0 unspecified atom stereocenters. The minimum atomic E-state index is -3.61. The number of nitrogens with one attached hydrogen (secondary N) is 2. The third kappa shape index (κ3) is 3.42. The molecule has 0 aromatic heterocycles. The predicted molar refractivity (Wildman–Crippen MR) is 94.4 cm³/mol. The van der Waals surface area contributed by atoms with E-state index in [9.17, 15) is 13.2 Å². The molecule has 1 aliphatic carbocycles. The number of fused-ring (bicyclic) bond motifs is 1. The summed E-state index contributed by atoms with van der Waals surface area (Å²) in [6, 6.07) is 5.60. The molecule has 6 nitrogen and oxygen atoms in total. The first-order valence-electron chi connectivity index (χ1n) is 8.39. The number of nitrogens with zero attached hydrogens (tertiary/aromatic N) is 1. The number of urea groups is 1. The highest BCUT2D eigenvalue weighted by atomic mass is 32.2. The summed E-state index contributed by atoms with van der Waals surface area (Å²) in [5.41, 5.74) is 3.10. The monoisotopic (exact) mass is 351 g/mol. The molecule has 1 aromatic carbocycles. The molecule has 3 rings (SSSR count). The van der Waals surface area contributed by atoms with Crippen molar-refractivity contribution in [3.63, 3.8) is 0 Å².